The number of benzene rings is 3. The van der Waals surface area contributed by atoms with Crippen LogP contribution in [0, 0.1) is 0 Å². The van der Waals surface area contributed by atoms with Gasteiger partial charge in [0.05, 0.1) is 10.5 Å². The van der Waals surface area contributed by atoms with E-state index in [1.54, 1.807) is 30.3 Å². The summed E-state index contributed by atoms with van der Waals surface area (Å²) in [4.78, 5) is 29.6. The summed E-state index contributed by atoms with van der Waals surface area (Å²) in [5.41, 5.74) is 2.74. The van der Waals surface area contributed by atoms with E-state index in [1.807, 2.05) is 30.3 Å². The van der Waals surface area contributed by atoms with Crippen LogP contribution >= 0.6 is 0 Å². The first kappa shape index (κ1) is 22.8. The second-order valence-corrected chi connectivity index (χ2v) is 10.1. The molecule has 0 fully saturated rings. The molecule has 2 N–H and O–H groups in total. The Labute approximate surface area is 203 Å². The predicted molar refractivity (Wildman–Crippen MR) is 131 cm³/mol. The van der Waals surface area contributed by atoms with Crippen molar-refractivity contribution in [2.75, 3.05) is 11.9 Å². The number of rotatable bonds is 5. The van der Waals surface area contributed by atoms with Crippen LogP contribution < -0.4 is 10.0 Å². The van der Waals surface area contributed by atoms with Crippen molar-refractivity contribution in [3.8, 4) is 0 Å². The number of amides is 1. The molecule has 178 valence electrons. The average Bonchev–Trinajstić information content (AvgIpc) is 3.36. The van der Waals surface area contributed by atoms with Gasteiger partial charge in [-0.2, -0.15) is 0 Å². The maximum atomic E-state index is 13.0. The summed E-state index contributed by atoms with van der Waals surface area (Å²) in [6.45, 7) is 0.610. The number of nitrogens with zero attached hydrogens (tertiary/aromatic N) is 1. The number of cyclic esters (lactones) is 1. The zero-order valence-electron chi connectivity index (χ0n) is 18.7. The van der Waals surface area contributed by atoms with Gasteiger partial charge in [-0.05, 0) is 53.9 Å². The van der Waals surface area contributed by atoms with Gasteiger partial charge in [-0.15, -0.1) is 0 Å². The Kier molecular flexibility index (Phi) is 6.08. The number of esters is 1. The smallest absolute Gasteiger partial charge is 0.339 e. The summed E-state index contributed by atoms with van der Waals surface area (Å²) in [6.07, 6.45) is 1.44. The normalized spacial score (nSPS) is 17.2. The van der Waals surface area contributed by atoms with E-state index < -0.39 is 28.0 Å². The predicted octanol–water partition coefficient (Wildman–Crippen LogP) is 3.86. The van der Waals surface area contributed by atoms with Crippen molar-refractivity contribution in [1.82, 2.24) is 4.72 Å². The van der Waals surface area contributed by atoms with Crippen LogP contribution in [0.4, 0.5) is 5.69 Å². The van der Waals surface area contributed by atoms with Crippen LogP contribution in [0.5, 0.6) is 0 Å². The van der Waals surface area contributed by atoms with Gasteiger partial charge < -0.3 is 10.1 Å². The molecule has 0 radical (unpaired) electrons. The van der Waals surface area contributed by atoms with Gasteiger partial charge in [0.15, 0.2) is 0 Å². The fourth-order valence-electron chi connectivity index (χ4n) is 4.17. The van der Waals surface area contributed by atoms with Crippen molar-refractivity contribution in [3.05, 3.63) is 95.1 Å². The van der Waals surface area contributed by atoms with E-state index in [1.165, 1.54) is 12.1 Å². The molecule has 2 aliphatic rings. The average molecular weight is 490 g/mol. The lowest BCUT2D eigenvalue weighted by Crippen LogP contribution is -2.29. The molecule has 3 aromatic rings. The van der Waals surface area contributed by atoms with E-state index in [9.17, 15) is 18.0 Å². The Hall–Kier alpha value is -3.98. The number of aliphatic imine (C=N–C) groups is 1. The number of carbonyl (C=O) groups is 2. The Morgan fingerprint density at radius 1 is 1.00 bits per heavy atom. The lowest BCUT2D eigenvalue weighted by atomic mass is 9.93. The lowest BCUT2D eigenvalue weighted by molar-refractivity contribution is 0.0252. The van der Waals surface area contributed by atoms with E-state index in [4.69, 9.17) is 4.74 Å². The van der Waals surface area contributed by atoms with Crippen LogP contribution in [0.3, 0.4) is 0 Å². The summed E-state index contributed by atoms with van der Waals surface area (Å²) in [7, 11) is -3.80. The summed E-state index contributed by atoms with van der Waals surface area (Å²) in [5, 5.41) is 2.75. The minimum absolute atomic E-state index is 0.0313. The highest BCUT2D eigenvalue weighted by Gasteiger charge is 2.28. The van der Waals surface area contributed by atoms with E-state index in [-0.39, 0.29) is 4.90 Å². The number of hydrogen-bond acceptors (Lipinski definition) is 6. The van der Waals surface area contributed by atoms with E-state index in [0.717, 1.165) is 17.5 Å². The first-order valence-corrected chi connectivity index (χ1v) is 12.7. The molecule has 2 heterocycles. The van der Waals surface area contributed by atoms with Crippen molar-refractivity contribution in [3.63, 3.8) is 0 Å². The topological polar surface area (TPSA) is 114 Å². The van der Waals surface area contributed by atoms with E-state index in [0.29, 0.717) is 42.0 Å². The van der Waals surface area contributed by atoms with Crippen molar-refractivity contribution < 1.29 is 22.7 Å². The summed E-state index contributed by atoms with van der Waals surface area (Å²) in [5.74, 6) is -0.393. The second-order valence-electron chi connectivity index (χ2n) is 8.40. The summed E-state index contributed by atoms with van der Waals surface area (Å²) < 4.78 is 33.5. The molecular weight excluding hydrogens is 466 g/mol. The summed E-state index contributed by atoms with van der Waals surface area (Å²) >= 11 is 0. The third-order valence-electron chi connectivity index (χ3n) is 5.94. The first-order valence-electron chi connectivity index (χ1n) is 11.3. The van der Waals surface area contributed by atoms with Gasteiger partial charge in [-0.1, -0.05) is 36.4 Å². The highest BCUT2D eigenvalue weighted by molar-refractivity contribution is 7.90. The van der Waals surface area contributed by atoms with Gasteiger partial charge in [0, 0.05) is 30.6 Å². The Morgan fingerprint density at radius 2 is 1.83 bits per heavy atom. The van der Waals surface area contributed by atoms with Crippen LogP contribution in [0.2, 0.25) is 0 Å². The Bertz CT molecular complexity index is 1430. The molecule has 0 unspecified atom stereocenters. The largest absolute Gasteiger partial charge is 0.454 e. The van der Waals surface area contributed by atoms with Crippen molar-refractivity contribution >= 4 is 33.4 Å². The van der Waals surface area contributed by atoms with Gasteiger partial charge in [-0.25, -0.2) is 13.2 Å². The van der Waals surface area contributed by atoms with Crippen LogP contribution in [0.25, 0.3) is 0 Å². The molecule has 0 spiro atoms. The number of nitrogens with one attached hydrogen (secondary N) is 2. The number of anilines is 1. The molecule has 0 aromatic heterocycles. The standard InChI is InChI=1S/C26H23N3O5S/c30-25(28-20-8-4-9-21(16-20)35(32,33)29-24-10-5-13-27-24)18-11-12-22-19(14-18)15-23(34-26(22)31)17-6-2-1-3-7-17/h1-4,6-9,11-12,14,16,23H,5,10,13,15H2,(H,27,29)(H,28,30)/t23-/m0/s1. The molecule has 2 aliphatic heterocycles. The number of amidine groups is 1. The zero-order chi connectivity index (χ0) is 24.4. The number of fused-ring (bicyclic) bond motifs is 1. The van der Waals surface area contributed by atoms with Gasteiger partial charge >= 0.3 is 5.97 Å². The SMILES string of the molecule is O=C(Nc1cccc(S(=O)(=O)NC2=NCCC2)c1)c1ccc2c(c1)C[C@@H](c1ccccc1)OC2=O. The van der Waals surface area contributed by atoms with Crippen molar-refractivity contribution in [2.45, 2.75) is 30.3 Å². The quantitative estimate of drug-likeness (QED) is 0.528. The fourth-order valence-corrected chi connectivity index (χ4v) is 5.31. The van der Waals surface area contributed by atoms with Gasteiger partial charge in [0.2, 0.25) is 0 Å². The molecule has 0 saturated carbocycles. The maximum absolute atomic E-state index is 13.0. The molecule has 1 amide bonds. The van der Waals surface area contributed by atoms with Crippen LogP contribution in [-0.4, -0.2) is 32.7 Å². The number of carbonyl (C=O) groups excluding carboxylic acids is 2. The number of ether oxygens (including phenoxy) is 1. The molecule has 8 nitrogen and oxygen atoms in total. The van der Waals surface area contributed by atoms with E-state index in [2.05, 4.69) is 15.0 Å². The monoisotopic (exact) mass is 489 g/mol. The Balaban J connectivity index is 1.34. The maximum Gasteiger partial charge on any atom is 0.339 e. The second kappa shape index (κ2) is 9.34. The van der Waals surface area contributed by atoms with E-state index >= 15 is 0 Å². The van der Waals surface area contributed by atoms with Gasteiger partial charge in [0.1, 0.15) is 11.9 Å². The van der Waals surface area contributed by atoms with Crippen molar-refractivity contribution in [1.29, 1.82) is 0 Å². The van der Waals surface area contributed by atoms with Crippen LogP contribution in [0.1, 0.15) is 50.8 Å². The summed E-state index contributed by atoms with van der Waals surface area (Å²) in [6, 6.07) is 20.3. The fraction of sp³-hybridized carbons (Fsp3) is 0.192. The molecule has 35 heavy (non-hydrogen) atoms. The third kappa shape index (κ3) is 4.95. The molecular formula is C26H23N3O5S. The van der Waals surface area contributed by atoms with Crippen LogP contribution in [0.15, 0.2) is 82.7 Å². The molecule has 0 bridgehead atoms. The molecule has 3 aromatic carbocycles. The Morgan fingerprint density at radius 3 is 2.60 bits per heavy atom. The minimum Gasteiger partial charge on any atom is -0.454 e. The van der Waals surface area contributed by atoms with Crippen LogP contribution in [-0.2, 0) is 21.2 Å². The first-order chi connectivity index (χ1) is 16.9. The lowest BCUT2D eigenvalue weighted by Gasteiger charge is -2.25. The number of sulfonamides is 1. The molecule has 9 heteroatoms. The third-order valence-corrected chi connectivity index (χ3v) is 7.32. The van der Waals surface area contributed by atoms with Gasteiger partial charge in [-0.3, -0.25) is 14.5 Å². The van der Waals surface area contributed by atoms with Gasteiger partial charge in [0.25, 0.3) is 15.9 Å². The highest BCUT2D eigenvalue weighted by Crippen LogP contribution is 2.31. The number of hydrogen-bond donors (Lipinski definition) is 2. The zero-order valence-corrected chi connectivity index (χ0v) is 19.5. The molecule has 0 aliphatic carbocycles. The molecule has 1 atom stereocenters. The van der Waals surface area contributed by atoms with Crippen molar-refractivity contribution in [2.24, 2.45) is 4.99 Å². The highest BCUT2D eigenvalue weighted by atomic mass is 32.2. The molecule has 0 saturated heterocycles. The molecule has 5 rings (SSSR count). The minimum atomic E-state index is -3.80.